The van der Waals surface area contributed by atoms with Crippen LogP contribution in [-0.2, 0) is 0 Å². The lowest BCUT2D eigenvalue weighted by atomic mass is 10.3. The number of benzene rings is 2. The fourth-order valence-electron chi connectivity index (χ4n) is 1.65. The lowest BCUT2D eigenvalue weighted by Gasteiger charge is -2.09. The fraction of sp³-hybridized carbons (Fsp3) is 0.133. The Morgan fingerprint density at radius 3 is 2.55 bits per heavy atom. The van der Waals surface area contributed by atoms with Crippen LogP contribution >= 0.6 is 0 Å². The SMILES string of the molecule is O=C(NCCOc1cccc(F)c1)Nc1ccc(F)cc1F. The highest BCUT2D eigenvalue weighted by molar-refractivity contribution is 5.89. The highest BCUT2D eigenvalue weighted by atomic mass is 19.1. The summed E-state index contributed by atoms with van der Waals surface area (Å²) in [7, 11) is 0. The summed E-state index contributed by atoms with van der Waals surface area (Å²) in [4.78, 5) is 11.5. The van der Waals surface area contributed by atoms with Gasteiger partial charge in [-0.25, -0.2) is 18.0 Å². The summed E-state index contributed by atoms with van der Waals surface area (Å²) in [6, 6.07) is 7.75. The third kappa shape index (κ3) is 4.69. The van der Waals surface area contributed by atoms with Crippen molar-refractivity contribution in [3.05, 3.63) is 59.9 Å². The number of amides is 2. The smallest absolute Gasteiger partial charge is 0.319 e. The zero-order chi connectivity index (χ0) is 15.9. The van der Waals surface area contributed by atoms with Gasteiger partial charge < -0.3 is 15.4 Å². The standard InChI is InChI=1S/C15H13F3N2O2/c16-10-2-1-3-12(8-10)22-7-6-19-15(21)20-14-5-4-11(17)9-13(14)18/h1-5,8-9H,6-7H2,(H2,19,20,21). The number of carbonyl (C=O) groups excluding carboxylic acids is 1. The topological polar surface area (TPSA) is 50.4 Å². The number of rotatable bonds is 5. The van der Waals surface area contributed by atoms with E-state index in [2.05, 4.69) is 10.6 Å². The second-order valence-electron chi connectivity index (χ2n) is 4.31. The highest BCUT2D eigenvalue weighted by Crippen LogP contribution is 2.14. The second kappa shape index (κ2) is 7.35. The summed E-state index contributed by atoms with van der Waals surface area (Å²) >= 11 is 0. The average Bonchev–Trinajstić information content (AvgIpc) is 2.47. The predicted octanol–water partition coefficient (Wildman–Crippen LogP) is 3.30. The molecule has 7 heteroatoms. The number of hydrogen-bond acceptors (Lipinski definition) is 2. The maximum absolute atomic E-state index is 13.3. The Labute approximate surface area is 124 Å². The average molecular weight is 310 g/mol. The van der Waals surface area contributed by atoms with E-state index >= 15 is 0 Å². The molecule has 0 bridgehead atoms. The van der Waals surface area contributed by atoms with Crippen LogP contribution < -0.4 is 15.4 Å². The van der Waals surface area contributed by atoms with Crippen LogP contribution in [0.4, 0.5) is 23.7 Å². The molecule has 0 saturated heterocycles. The molecule has 0 atom stereocenters. The number of ether oxygens (including phenoxy) is 1. The third-order valence-electron chi connectivity index (χ3n) is 2.63. The molecular formula is C15H13F3N2O2. The van der Waals surface area contributed by atoms with Gasteiger partial charge >= 0.3 is 6.03 Å². The van der Waals surface area contributed by atoms with Gasteiger partial charge in [0.2, 0.25) is 0 Å². The molecule has 0 fully saturated rings. The Balaban J connectivity index is 1.74. The van der Waals surface area contributed by atoms with Crippen molar-refractivity contribution in [2.24, 2.45) is 0 Å². The Kier molecular flexibility index (Phi) is 5.24. The molecule has 4 nitrogen and oxygen atoms in total. The van der Waals surface area contributed by atoms with Crippen LogP contribution in [-0.4, -0.2) is 19.2 Å². The zero-order valence-corrected chi connectivity index (χ0v) is 11.4. The minimum absolute atomic E-state index is 0.114. The van der Waals surface area contributed by atoms with Crippen molar-refractivity contribution in [3.8, 4) is 5.75 Å². The molecule has 2 N–H and O–H groups in total. The maximum Gasteiger partial charge on any atom is 0.319 e. The van der Waals surface area contributed by atoms with E-state index in [1.54, 1.807) is 6.07 Å². The van der Waals surface area contributed by atoms with Crippen LogP contribution in [0.2, 0.25) is 0 Å². The molecule has 0 heterocycles. The van der Waals surface area contributed by atoms with E-state index in [0.29, 0.717) is 11.8 Å². The minimum atomic E-state index is -0.869. The van der Waals surface area contributed by atoms with Crippen molar-refractivity contribution >= 4 is 11.7 Å². The Bertz CT molecular complexity index is 665. The van der Waals surface area contributed by atoms with Gasteiger partial charge in [0.25, 0.3) is 0 Å². The van der Waals surface area contributed by atoms with E-state index in [9.17, 15) is 18.0 Å². The largest absolute Gasteiger partial charge is 0.492 e. The van der Waals surface area contributed by atoms with Gasteiger partial charge in [-0.2, -0.15) is 0 Å². The van der Waals surface area contributed by atoms with Crippen molar-refractivity contribution in [2.45, 2.75) is 0 Å². The first-order chi connectivity index (χ1) is 10.5. The molecule has 0 aliphatic carbocycles. The van der Waals surface area contributed by atoms with Gasteiger partial charge in [0.15, 0.2) is 0 Å². The van der Waals surface area contributed by atoms with Crippen LogP contribution in [0, 0.1) is 17.5 Å². The van der Waals surface area contributed by atoms with Gasteiger partial charge in [-0.1, -0.05) is 6.07 Å². The van der Waals surface area contributed by atoms with E-state index in [1.165, 1.54) is 18.2 Å². The molecule has 2 aromatic rings. The van der Waals surface area contributed by atoms with Crippen LogP contribution in [0.15, 0.2) is 42.5 Å². The molecule has 0 aliphatic rings. The molecule has 0 radical (unpaired) electrons. The predicted molar refractivity (Wildman–Crippen MR) is 75.3 cm³/mol. The molecule has 0 spiro atoms. The van der Waals surface area contributed by atoms with Gasteiger partial charge in [-0.3, -0.25) is 0 Å². The lowest BCUT2D eigenvalue weighted by Crippen LogP contribution is -2.32. The normalized spacial score (nSPS) is 10.1. The molecule has 0 unspecified atom stereocenters. The highest BCUT2D eigenvalue weighted by Gasteiger charge is 2.07. The second-order valence-corrected chi connectivity index (χ2v) is 4.31. The van der Waals surface area contributed by atoms with Crippen LogP contribution in [0.3, 0.4) is 0 Å². The Morgan fingerprint density at radius 2 is 1.82 bits per heavy atom. The molecular weight excluding hydrogens is 297 g/mol. The van der Waals surface area contributed by atoms with Gasteiger partial charge in [-0.15, -0.1) is 0 Å². The number of anilines is 1. The summed E-state index contributed by atoms with van der Waals surface area (Å²) in [6.07, 6.45) is 0. The van der Waals surface area contributed by atoms with Crippen molar-refractivity contribution < 1.29 is 22.7 Å². The summed E-state index contributed by atoms with van der Waals surface area (Å²) in [6.45, 7) is 0.244. The van der Waals surface area contributed by atoms with Gasteiger partial charge in [0, 0.05) is 12.1 Å². The lowest BCUT2D eigenvalue weighted by molar-refractivity contribution is 0.247. The summed E-state index contributed by atoms with van der Waals surface area (Å²) in [5, 5.41) is 4.67. The number of hydrogen-bond donors (Lipinski definition) is 2. The molecule has 0 saturated carbocycles. The van der Waals surface area contributed by atoms with E-state index in [0.717, 1.165) is 12.1 Å². The summed E-state index contributed by atoms with van der Waals surface area (Å²) in [5.41, 5.74) is -0.134. The van der Waals surface area contributed by atoms with Crippen molar-refractivity contribution in [2.75, 3.05) is 18.5 Å². The van der Waals surface area contributed by atoms with Crippen molar-refractivity contribution in [1.82, 2.24) is 5.32 Å². The first-order valence-corrected chi connectivity index (χ1v) is 6.43. The van der Waals surface area contributed by atoms with Crippen molar-refractivity contribution in [3.63, 3.8) is 0 Å². The minimum Gasteiger partial charge on any atom is -0.492 e. The first-order valence-electron chi connectivity index (χ1n) is 6.43. The molecule has 0 aromatic heterocycles. The van der Waals surface area contributed by atoms with Gasteiger partial charge in [-0.05, 0) is 24.3 Å². The first kappa shape index (κ1) is 15.7. The van der Waals surface area contributed by atoms with E-state index in [1.807, 2.05) is 0 Å². The monoisotopic (exact) mass is 310 g/mol. The van der Waals surface area contributed by atoms with E-state index < -0.39 is 23.5 Å². The number of nitrogens with one attached hydrogen (secondary N) is 2. The Morgan fingerprint density at radius 1 is 1.05 bits per heavy atom. The van der Waals surface area contributed by atoms with E-state index in [-0.39, 0.29) is 18.8 Å². The van der Waals surface area contributed by atoms with Crippen LogP contribution in [0.25, 0.3) is 0 Å². The molecule has 2 rings (SSSR count). The number of halogens is 3. The third-order valence-corrected chi connectivity index (χ3v) is 2.63. The number of urea groups is 1. The van der Waals surface area contributed by atoms with Crippen molar-refractivity contribution in [1.29, 1.82) is 0 Å². The summed E-state index contributed by atoms with van der Waals surface area (Å²) < 4.78 is 44.1. The quantitative estimate of drug-likeness (QED) is 0.833. The molecule has 116 valence electrons. The van der Waals surface area contributed by atoms with Gasteiger partial charge in [0.05, 0.1) is 12.2 Å². The fourth-order valence-corrected chi connectivity index (χ4v) is 1.65. The molecule has 2 amide bonds. The molecule has 0 aliphatic heterocycles. The summed E-state index contributed by atoms with van der Waals surface area (Å²) in [5.74, 6) is -1.68. The number of carbonyl (C=O) groups is 1. The van der Waals surface area contributed by atoms with Crippen LogP contribution in [0.1, 0.15) is 0 Å². The van der Waals surface area contributed by atoms with Crippen LogP contribution in [0.5, 0.6) is 5.75 Å². The molecule has 22 heavy (non-hydrogen) atoms. The zero-order valence-electron chi connectivity index (χ0n) is 11.4. The maximum atomic E-state index is 13.3. The van der Waals surface area contributed by atoms with Gasteiger partial charge in [0.1, 0.15) is 29.8 Å². The van der Waals surface area contributed by atoms with E-state index in [4.69, 9.17) is 4.74 Å². The molecule has 2 aromatic carbocycles. The Hall–Kier alpha value is -2.70.